The third kappa shape index (κ3) is 4.93. The Morgan fingerprint density at radius 1 is 1.33 bits per heavy atom. The fraction of sp³-hybridized carbons (Fsp3) is 0.562. The second-order valence-electron chi connectivity index (χ2n) is 5.16. The number of carbonyl (C=O) groups is 1. The van der Waals surface area contributed by atoms with Gasteiger partial charge < -0.3 is 20.1 Å². The predicted molar refractivity (Wildman–Crippen MR) is 83.5 cm³/mol. The molecule has 0 spiro atoms. The zero-order valence-electron chi connectivity index (χ0n) is 13.4. The minimum absolute atomic E-state index is 0.0424. The maximum Gasteiger partial charge on any atom is 0.224 e. The summed E-state index contributed by atoms with van der Waals surface area (Å²) >= 11 is 0. The van der Waals surface area contributed by atoms with Crippen LogP contribution in [0.3, 0.4) is 0 Å². The summed E-state index contributed by atoms with van der Waals surface area (Å²) in [6.45, 7) is 2.53. The van der Waals surface area contributed by atoms with Crippen molar-refractivity contribution in [2.75, 3.05) is 21.3 Å². The van der Waals surface area contributed by atoms with E-state index in [2.05, 4.69) is 6.92 Å². The van der Waals surface area contributed by atoms with Crippen LogP contribution in [-0.2, 0) is 11.3 Å². The number of hydrogen-bond donors (Lipinski definition) is 1. The van der Waals surface area contributed by atoms with E-state index in [0.717, 1.165) is 18.4 Å². The Bertz CT molecular complexity index is 463. The highest BCUT2D eigenvalue weighted by atomic mass is 16.5. The predicted octanol–water partition coefficient (Wildman–Crippen LogP) is 2.18. The molecule has 1 atom stereocenters. The van der Waals surface area contributed by atoms with E-state index in [1.54, 1.807) is 26.2 Å². The molecule has 1 aromatic rings. The molecule has 2 N–H and O–H groups in total. The molecule has 0 fully saturated rings. The minimum Gasteiger partial charge on any atom is -0.493 e. The van der Waals surface area contributed by atoms with E-state index in [9.17, 15) is 4.79 Å². The number of rotatable bonds is 8. The molecule has 21 heavy (non-hydrogen) atoms. The van der Waals surface area contributed by atoms with Gasteiger partial charge in [0, 0.05) is 31.6 Å². The van der Waals surface area contributed by atoms with Gasteiger partial charge >= 0.3 is 0 Å². The highest BCUT2D eigenvalue weighted by Gasteiger charge is 2.16. The average molecular weight is 294 g/mol. The molecule has 1 aromatic carbocycles. The molecule has 0 saturated carbocycles. The maximum atomic E-state index is 12.2. The molecular weight excluding hydrogens is 268 g/mol. The summed E-state index contributed by atoms with van der Waals surface area (Å²) in [6, 6.07) is 5.58. The molecule has 0 aliphatic heterocycles. The van der Waals surface area contributed by atoms with Gasteiger partial charge in [0.05, 0.1) is 14.2 Å². The molecule has 0 aliphatic rings. The van der Waals surface area contributed by atoms with E-state index in [-0.39, 0.29) is 11.9 Å². The highest BCUT2D eigenvalue weighted by molar-refractivity contribution is 5.76. The summed E-state index contributed by atoms with van der Waals surface area (Å²) in [6.07, 6.45) is 2.22. The molecule has 0 bridgehead atoms. The second-order valence-corrected chi connectivity index (χ2v) is 5.16. The van der Waals surface area contributed by atoms with E-state index in [1.165, 1.54) is 0 Å². The van der Waals surface area contributed by atoms with Crippen LogP contribution < -0.4 is 15.2 Å². The third-order valence-electron chi connectivity index (χ3n) is 3.41. The number of carbonyl (C=O) groups excluding carboxylic acids is 1. The Morgan fingerprint density at radius 2 is 2.05 bits per heavy atom. The summed E-state index contributed by atoms with van der Waals surface area (Å²) < 4.78 is 10.6. The normalized spacial score (nSPS) is 11.9. The molecule has 5 heteroatoms. The van der Waals surface area contributed by atoms with Gasteiger partial charge in [0.2, 0.25) is 5.91 Å². The number of hydrogen-bond acceptors (Lipinski definition) is 4. The Morgan fingerprint density at radius 3 is 2.62 bits per heavy atom. The van der Waals surface area contributed by atoms with Crippen molar-refractivity contribution in [3.05, 3.63) is 23.8 Å². The zero-order chi connectivity index (χ0) is 15.8. The molecule has 1 unspecified atom stereocenters. The zero-order valence-corrected chi connectivity index (χ0v) is 13.4. The minimum atomic E-state index is -0.0721. The van der Waals surface area contributed by atoms with Crippen LogP contribution in [0.4, 0.5) is 0 Å². The van der Waals surface area contributed by atoms with Crippen LogP contribution >= 0.6 is 0 Å². The van der Waals surface area contributed by atoms with Crippen LogP contribution in [-0.4, -0.2) is 38.1 Å². The first-order valence-electron chi connectivity index (χ1n) is 7.22. The van der Waals surface area contributed by atoms with Crippen LogP contribution in [0.15, 0.2) is 18.2 Å². The van der Waals surface area contributed by atoms with Crippen molar-refractivity contribution >= 4 is 5.91 Å². The number of nitrogens with zero attached hydrogens (tertiary/aromatic N) is 1. The average Bonchev–Trinajstić information content (AvgIpc) is 2.46. The van der Waals surface area contributed by atoms with Gasteiger partial charge in [-0.1, -0.05) is 25.5 Å². The lowest BCUT2D eigenvalue weighted by Crippen LogP contribution is -2.33. The molecule has 1 amide bonds. The standard InChI is InChI=1S/C16H26N2O3/c1-5-7-13(17)10-15(19)18(2)11-12-8-6-9-14(20-3)16(12)21-4/h6,8-9,13H,5,7,10-11,17H2,1-4H3. The van der Waals surface area contributed by atoms with Crippen molar-refractivity contribution in [1.82, 2.24) is 4.90 Å². The van der Waals surface area contributed by atoms with Crippen molar-refractivity contribution in [2.24, 2.45) is 5.73 Å². The van der Waals surface area contributed by atoms with E-state index >= 15 is 0 Å². The first kappa shape index (κ1) is 17.3. The summed E-state index contributed by atoms with van der Waals surface area (Å²) in [5, 5.41) is 0. The van der Waals surface area contributed by atoms with Gasteiger partial charge in [-0.05, 0) is 12.5 Å². The van der Waals surface area contributed by atoms with Crippen molar-refractivity contribution in [3.63, 3.8) is 0 Å². The van der Waals surface area contributed by atoms with E-state index in [4.69, 9.17) is 15.2 Å². The fourth-order valence-corrected chi connectivity index (χ4v) is 2.27. The highest BCUT2D eigenvalue weighted by Crippen LogP contribution is 2.31. The summed E-state index contributed by atoms with van der Waals surface area (Å²) in [4.78, 5) is 13.8. The summed E-state index contributed by atoms with van der Waals surface area (Å²) in [5.41, 5.74) is 6.84. The van der Waals surface area contributed by atoms with Crippen LogP contribution in [0.5, 0.6) is 11.5 Å². The quantitative estimate of drug-likeness (QED) is 0.798. The first-order valence-corrected chi connectivity index (χ1v) is 7.22. The van der Waals surface area contributed by atoms with Gasteiger partial charge in [-0.2, -0.15) is 0 Å². The van der Waals surface area contributed by atoms with Crippen LogP contribution in [0.25, 0.3) is 0 Å². The molecule has 1 rings (SSSR count). The number of para-hydroxylation sites is 1. The van der Waals surface area contributed by atoms with E-state index in [1.807, 2.05) is 18.2 Å². The molecule has 0 heterocycles. The molecule has 5 nitrogen and oxygen atoms in total. The van der Waals surface area contributed by atoms with Gasteiger partial charge in [-0.25, -0.2) is 0 Å². The molecule has 0 radical (unpaired) electrons. The third-order valence-corrected chi connectivity index (χ3v) is 3.41. The number of ether oxygens (including phenoxy) is 2. The van der Waals surface area contributed by atoms with Crippen molar-refractivity contribution in [1.29, 1.82) is 0 Å². The summed E-state index contributed by atoms with van der Waals surface area (Å²) in [7, 11) is 4.97. The topological polar surface area (TPSA) is 64.8 Å². The number of nitrogens with two attached hydrogens (primary N) is 1. The van der Waals surface area contributed by atoms with Gasteiger partial charge in [-0.3, -0.25) is 4.79 Å². The molecule has 0 aliphatic carbocycles. The Kier molecular flexibility index (Phi) is 7.02. The van der Waals surface area contributed by atoms with E-state index < -0.39 is 0 Å². The van der Waals surface area contributed by atoms with Gasteiger partial charge in [0.25, 0.3) is 0 Å². The maximum absolute atomic E-state index is 12.2. The number of methoxy groups -OCH3 is 2. The molecule has 0 aromatic heterocycles. The largest absolute Gasteiger partial charge is 0.493 e. The molecule has 0 saturated heterocycles. The second kappa shape index (κ2) is 8.52. The Labute approximate surface area is 127 Å². The lowest BCUT2D eigenvalue weighted by Gasteiger charge is -2.21. The van der Waals surface area contributed by atoms with Gasteiger partial charge in [-0.15, -0.1) is 0 Å². The SMILES string of the molecule is CCCC(N)CC(=O)N(C)Cc1cccc(OC)c1OC. The van der Waals surface area contributed by atoms with Crippen molar-refractivity contribution in [2.45, 2.75) is 38.8 Å². The first-order chi connectivity index (χ1) is 10.0. The van der Waals surface area contributed by atoms with Crippen LogP contribution in [0.2, 0.25) is 0 Å². The fourth-order valence-electron chi connectivity index (χ4n) is 2.27. The Balaban J connectivity index is 2.74. The van der Waals surface area contributed by atoms with Gasteiger partial charge in [0.1, 0.15) is 0 Å². The smallest absolute Gasteiger partial charge is 0.224 e. The van der Waals surface area contributed by atoms with Crippen LogP contribution in [0.1, 0.15) is 31.7 Å². The van der Waals surface area contributed by atoms with Gasteiger partial charge in [0.15, 0.2) is 11.5 Å². The van der Waals surface area contributed by atoms with Crippen LogP contribution in [0, 0.1) is 0 Å². The lowest BCUT2D eigenvalue weighted by atomic mass is 10.1. The molecular formula is C16H26N2O3. The number of benzene rings is 1. The molecule has 118 valence electrons. The number of amides is 1. The lowest BCUT2D eigenvalue weighted by molar-refractivity contribution is -0.130. The monoisotopic (exact) mass is 294 g/mol. The van der Waals surface area contributed by atoms with E-state index in [0.29, 0.717) is 24.5 Å². The Hall–Kier alpha value is -1.75. The van der Waals surface area contributed by atoms with Crippen molar-refractivity contribution < 1.29 is 14.3 Å². The summed E-state index contributed by atoms with van der Waals surface area (Å²) in [5.74, 6) is 1.37. The van der Waals surface area contributed by atoms with Crippen molar-refractivity contribution in [3.8, 4) is 11.5 Å².